The molecule has 174 valence electrons. The van der Waals surface area contributed by atoms with Crippen LogP contribution >= 0.6 is 0 Å². The fourth-order valence-corrected chi connectivity index (χ4v) is 1.97. The van der Waals surface area contributed by atoms with Gasteiger partial charge in [0.2, 0.25) is 11.6 Å². The normalized spacial score (nSPS) is 12.9. The maximum absolute atomic E-state index is 12.2. The van der Waals surface area contributed by atoms with Crippen molar-refractivity contribution >= 4 is 34.8 Å². The number of hydrazone groups is 2. The third-order valence-electron chi connectivity index (χ3n) is 3.55. The smallest absolute Gasteiger partial charge is 0.289 e. The number of benzene rings is 1. The average molecular weight is 466 g/mol. The summed E-state index contributed by atoms with van der Waals surface area (Å²) >= 11 is 0. The number of rotatable bonds is 8. The lowest BCUT2D eigenvalue weighted by Crippen LogP contribution is -2.27. The Morgan fingerprint density at radius 3 is 1.41 bits per heavy atom. The zero-order chi connectivity index (χ0) is 24.7. The summed E-state index contributed by atoms with van der Waals surface area (Å²) in [6.45, 7) is 2.19. The molecular formula is C18H16F6N4O4. The summed E-state index contributed by atoms with van der Waals surface area (Å²) in [6, 6.07) is 4.82. The van der Waals surface area contributed by atoms with Crippen molar-refractivity contribution < 1.29 is 45.5 Å². The van der Waals surface area contributed by atoms with Gasteiger partial charge in [0.05, 0.1) is 12.8 Å². The number of carbonyl (C=O) groups excluding carboxylic acids is 4. The zero-order valence-corrected chi connectivity index (χ0v) is 16.5. The molecule has 0 aliphatic carbocycles. The second-order valence-electron chi connectivity index (χ2n) is 6.35. The molecule has 0 radical (unpaired) electrons. The van der Waals surface area contributed by atoms with E-state index in [4.69, 9.17) is 0 Å². The van der Waals surface area contributed by atoms with Crippen molar-refractivity contribution in [3.8, 4) is 0 Å². The van der Waals surface area contributed by atoms with Gasteiger partial charge in [-0.25, -0.2) is 10.9 Å². The van der Waals surface area contributed by atoms with Gasteiger partial charge in [-0.2, -0.15) is 36.5 Å². The highest BCUT2D eigenvalue weighted by atomic mass is 19.4. The predicted molar refractivity (Wildman–Crippen MR) is 99.0 cm³/mol. The van der Waals surface area contributed by atoms with Crippen molar-refractivity contribution in [1.82, 2.24) is 10.9 Å². The Balaban J connectivity index is 2.78. The van der Waals surface area contributed by atoms with Gasteiger partial charge in [0.15, 0.2) is 0 Å². The minimum atomic E-state index is -5.04. The maximum atomic E-state index is 12.2. The highest BCUT2D eigenvalue weighted by Gasteiger charge is 2.38. The van der Waals surface area contributed by atoms with E-state index in [1.165, 1.54) is 18.2 Å². The van der Waals surface area contributed by atoms with E-state index in [0.717, 1.165) is 19.9 Å². The van der Waals surface area contributed by atoms with Crippen molar-refractivity contribution in [1.29, 1.82) is 0 Å². The van der Waals surface area contributed by atoms with E-state index >= 15 is 0 Å². The molecule has 0 spiro atoms. The van der Waals surface area contributed by atoms with Crippen LogP contribution in [0.25, 0.3) is 0 Å². The maximum Gasteiger partial charge on any atom is 0.450 e. The number of ketones is 2. The van der Waals surface area contributed by atoms with Gasteiger partial charge < -0.3 is 0 Å². The summed E-state index contributed by atoms with van der Waals surface area (Å²) in [4.78, 5) is 45.9. The van der Waals surface area contributed by atoms with Crippen molar-refractivity contribution in [3.63, 3.8) is 0 Å². The molecule has 0 bridgehead atoms. The third kappa shape index (κ3) is 8.65. The Morgan fingerprint density at radius 1 is 0.750 bits per heavy atom. The first kappa shape index (κ1) is 26.5. The summed E-state index contributed by atoms with van der Waals surface area (Å²) < 4.78 is 73.3. The first-order valence-electron chi connectivity index (χ1n) is 8.58. The lowest BCUT2D eigenvalue weighted by atomic mass is 10.1. The standard InChI is InChI=1S/C18H16F6N4O4/c1-9(6-13(29)17(19,20)21)25-27-15(31)11-4-3-5-12(8-11)16(32)28-26-10(2)7-14(30)18(22,23)24/h3-5,8H,6-7H2,1-2H3,(H,27,31)(H,28,32)/b25-9+,26-10+. The Morgan fingerprint density at radius 2 is 1.09 bits per heavy atom. The Kier molecular flexibility index (Phi) is 8.79. The molecule has 32 heavy (non-hydrogen) atoms. The number of Topliss-reactive ketones (excluding diaryl/α,β-unsaturated/α-hetero) is 2. The number of alkyl halides is 6. The average Bonchev–Trinajstić information content (AvgIpc) is 2.68. The molecule has 1 aromatic rings. The Hall–Kier alpha value is -3.58. The monoisotopic (exact) mass is 466 g/mol. The highest BCUT2D eigenvalue weighted by Crippen LogP contribution is 2.18. The van der Waals surface area contributed by atoms with Gasteiger partial charge in [0.1, 0.15) is 0 Å². The molecule has 1 aromatic carbocycles. The van der Waals surface area contributed by atoms with Crippen LogP contribution in [-0.2, 0) is 9.59 Å². The molecular weight excluding hydrogens is 450 g/mol. The number of hydrogen-bond acceptors (Lipinski definition) is 6. The van der Waals surface area contributed by atoms with E-state index in [9.17, 15) is 45.5 Å². The van der Waals surface area contributed by atoms with Crippen molar-refractivity contribution in [2.45, 2.75) is 39.0 Å². The molecule has 0 atom stereocenters. The molecule has 0 aromatic heterocycles. The number of nitrogens with one attached hydrogen (secondary N) is 2. The molecule has 1 rings (SSSR count). The lowest BCUT2D eigenvalue weighted by Gasteiger charge is -2.07. The van der Waals surface area contributed by atoms with E-state index in [1.54, 1.807) is 0 Å². The number of hydrogen-bond donors (Lipinski definition) is 2. The SMILES string of the molecule is C/C(CC(=O)C(F)(F)F)=N\NC(=O)c1cccc(C(=O)N/N=C(\C)CC(=O)C(F)(F)F)c1. The first-order valence-corrected chi connectivity index (χ1v) is 8.58. The number of amides is 2. The molecule has 8 nitrogen and oxygen atoms in total. The third-order valence-corrected chi connectivity index (χ3v) is 3.55. The fraction of sp³-hybridized carbons (Fsp3) is 0.333. The van der Waals surface area contributed by atoms with E-state index < -0.39 is 48.6 Å². The molecule has 2 amide bonds. The highest BCUT2D eigenvalue weighted by molar-refractivity contribution is 6.05. The van der Waals surface area contributed by atoms with E-state index in [2.05, 4.69) is 10.2 Å². The second kappa shape index (κ2) is 10.6. The van der Waals surface area contributed by atoms with E-state index in [-0.39, 0.29) is 22.6 Å². The Bertz CT molecular complexity index is 894. The van der Waals surface area contributed by atoms with Crippen LogP contribution in [0.1, 0.15) is 47.4 Å². The molecule has 0 saturated carbocycles. The number of halogens is 6. The minimum Gasteiger partial charge on any atom is -0.289 e. The number of nitrogens with zero attached hydrogens (tertiary/aromatic N) is 2. The summed E-state index contributed by atoms with van der Waals surface area (Å²) in [5.74, 6) is -5.90. The van der Waals surface area contributed by atoms with Crippen LogP contribution in [0.15, 0.2) is 34.5 Å². The van der Waals surface area contributed by atoms with Gasteiger partial charge in [-0.1, -0.05) is 6.07 Å². The fourth-order valence-electron chi connectivity index (χ4n) is 1.97. The van der Waals surface area contributed by atoms with Crippen LogP contribution in [0.5, 0.6) is 0 Å². The zero-order valence-electron chi connectivity index (χ0n) is 16.5. The first-order chi connectivity index (χ1) is 14.6. The molecule has 14 heteroatoms. The van der Waals surface area contributed by atoms with E-state index in [0.29, 0.717) is 0 Å². The van der Waals surface area contributed by atoms with Gasteiger partial charge in [-0.05, 0) is 32.0 Å². The van der Waals surface area contributed by atoms with Gasteiger partial charge in [-0.15, -0.1) is 0 Å². The number of carbonyl (C=O) groups is 4. The molecule has 0 heterocycles. The summed E-state index contributed by atoms with van der Waals surface area (Å²) in [5, 5.41) is 6.77. The molecule has 2 N–H and O–H groups in total. The molecule has 0 saturated heterocycles. The van der Waals surface area contributed by atoms with Crippen LogP contribution in [0.4, 0.5) is 26.3 Å². The largest absolute Gasteiger partial charge is 0.450 e. The van der Waals surface area contributed by atoms with Crippen LogP contribution in [-0.4, -0.2) is 47.2 Å². The summed E-state index contributed by atoms with van der Waals surface area (Å²) in [7, 11) is 0. The van der Waals surface area contributed by atoms with Crippen LogP contribution in [0.3, 0.4) is 0 Å². The lowest BCUT2D eigenvalue weighted by molar-refractivity contribution is -0.169. The quantitative estimate of drug-likeness (QED) is 0.348. The molecule has 0 aliphatic heterocycles. The Labute approximate surface area is 176 Å². The van der Waals surface area contributed by atoms with Crippen molar-refractivity contribution in [2.24, 2.45) is 10.2 Å². The van der Waals surface area contributed by atoms with Crippen molar-refractivity contribution in [3.05, 3.63) is 35.4 Å². The van der Waals surface area contributed by atoms with Crippen LogP contribution < -0.4 is 10.9 Å². The van der Waals surface area contributed by atoms with Gasteiger partial charge in [0.25, 0.3) is 11.8 Å². The summed E-state index contributed by atoms with van der Waals surface area (Å²) in [6.07, 6.45) is -12.2. The second-order valence-corrected chi connectivity index (χ2v) is 6.35. The van der Waals surface area contributed by atoms with Gasteiger partial charge in [-0.3, -0.25) is 19.2 Å². The van der Waals surface area contributed by atoms with Crippen molar-refractivity contribution in [2.75, 3.05) is 0 Å². The topological polar surface area (TPSA) is 117 Å². The van der Waals surface area contributed by atoms with Gasteiger partial charge in [0, 0.05) is 22.6 Å². The van der Waals surface area contributed by atoms with Gasteiger partial charge >= 0.3 is 12.4 Å². The van der Waals surface area contributed by atoms with Crippen LogP contribution in [0, 0.1) is 0 Å². The van der Waals surface area contributed by atoms with E-state index in [1.807, 2.05) is 10.9 Å². The van der Waals surface area contributed by atoms with Crippen LogP contribution in [0.2, 0.25) is 0 Å². The molecule has 0 unspecified atom stereocenters. The molecule has 0 fully saturated rings. The minimum absolute atomic E-state index is 0.135. The summed E-state index contributed by atoms with van der Waals surface area (Å²) in [5.41, 5.74) is 2.97. The molecule has 0 aliphatic rings. The predicted octanol–water partition coefficient (Wildman–Crippen LogP) is 2.94.